The van der Waals surface area contributed by atoms with E-state index in [1.165, 1.54) is 12.1 Å². The van der Waals surface area contributed by atoms with Gasteiger partial charge in [0.25, 0.3) is 0 Å². The van der Waals surface area contributed by atoms with E-state index in [4.69, 9.17) is 0 Å². The standard InChI is InChI=1S/C16H22FNO2/c1-11-8-14(17)7-6-12(11)9-18-10-13-4-2-3-5-15(13)16(19)20/h6-8,13,15,18H,2-5,9-10H2,1H3,(H,19,20). The van der Waals surface area contributed by atoms with Crippen molar-refractivity contribution >= 4 is 5.97 Å². The molecule has 2 unspecified atom stereocenters. The van der Waals surface area contributed by atoms with Gasteiger partial charge in [0.15, 0.2) is 0 Å². The molecular formula is C16H22FNO2. The number of carboxylic acid groups (broad SMARTS) is 1. The van der Waals surface area contributed by atoms with Crippen LogP contribution in [-0.2, 0) is 11.3 Å². The molecule has 4 heteroatoms. The van der Waals surface area contributed by atoms with E-state index >= 15 is 0 Å². The van der Waals surface area contributed by atoms with E-state index < -0.39 is 5.97 Å². The van der Waals surface area contributed by atoms with Crippen LogP contribution in [0.4, 0.5) is 4.39 Å². The van der Waals surface area contributed by atoms with Gasteiger partial charge in [0.05, 0.1) is 5.92 Å². The van der Waals surface area contributed by atoms with Crippen LogP contribution >= 0.6 is 0 Å². The first-order valence-corrected chi connectivity index (χ1v) is 7.26. The maximum Gasteiger partial charge on any atom is 0.306 e. The van der Waals surface area contributed by atoms with Crippen LogP contribution in [0.5, 0.6) is 0 Å². The number of rotatable bonds is 5. The fourth-order valence-corrected chi connectivity index (χ4v) is 3.03. The van der Waals surface area contributed by atoms with Gasteiger partial charge in [0, 0.05) is 6.54 Å². The Morgan fingerprint density at radius 3 is 2.85 bits per heavy atom. The molecule has 0 radical (unpaired) electrons. The van der Waals surface area contributed by atoms with Crippen LogP contribution in [0.3, 0.4) is 0 Å². The van der Waals surface area contributed by atoms with E-state index in [0.29, 0.717) is 13.1 Å². The number of aryl methyl sites for hydroxylation is 1. The molecule has 0 spiro atoms. The highest BCUT2D eigenvalue weighted by atomic mass is 19.1. The molecule has 1 aliphatic rings. The third-order valence-electron chi connectivity index (χ3n) is 4.25. The van der Waals surface area contributed by atoms with Crippen LogP contribution in [0.2, 0.25) is 0 Å². The zero-order valence-corrected chi connectivity index (χ0v) is 11.9. The molecule has 3 nitrogen and oxygen atoms in total. The maximum atomic E-state index is 13.0. The Kier molecular flexibility index (Phi) is 5.12. The van der Waals surface area contributed by atoms with Crippen molar-refractivity contribution in [3.05, 3.63) is 35.1 Å². The molecule has 0 saturated heterocycles. The van der Waals surface area contributed by atoms with Gasteiger partial charge in [-0.25, -0.2) is 4.39 Å². The Bertz CT molecular complexity index is 476. The summed E-state index contributed by atoms with van der Waals surface area (Å²) in [5.74, 6) is -0.897. The van der Waals surface area contributed by atoms with Crippen LogP contribution in [0, 0.1) is 24.6 Å². The first-order valence-electron chi connectivity index (χ1n) is 7.26. The summed E-state index contributed by atoms with van der Waals surface area (Å²) in [7, 11) is 0. The van der Waals surface area contributed by atoms with Crippen molar-refractivity contribution in [3.8, 4) is 0 Å². The molecule has 20 heavy (non-hydrogen) atoms. The molecule has 0 aromatic heterocycles. The van der Waals surface area contributed by atoms with Gasteiger partial charge in [0.2, 0.25) is 0 Å². The zero-order chi connectivity index (χ0) is 14.5. The molecule has 0 amide bonds. The van der Waals surface area contributed by atoms with E-state index in [1.807, 2.05) is 6.92 Å². The number of halogens is 1. The predicted molar refractivity (Wildman–Crippen MR) is 75.9 cm³/mol. The summed E-state index contributed by atoms with van der Waals surface area (Å²) in [4.78, 5) is 11.2. The Morgan fingerprint density at radius 2 is 2.15 bits per heavy atom. The minimum atomic E-state index is -0.672. The molecule has 1 fully saturated rings. The molecular weight excluding hydrogens is 257 g/mol. The number of nitrogens with one attached hydrogen (secondary N) is 1. The second kappa shape index (κ2) is 6.84. The van der Waals surface area contributed by atoms with Crippen LogP contribution < -0.4 is 5.32 Å². The van der Waals surface area contributed by atoms with Gasteiger partial charge < -0.3 is 10.4 Å². The third kappa shape index (κ3) is 3.79. The summed E-state index contributed by atoms with van der Waals surface area (Å²) >= 11 is 0. The molecule has 2 atom stereocenters. The summed E-state index contributed by atoms with van der Waals surface area (Å²) in [6.07, 6.45) is 3.90. The van der Waals surface area contributed by atoms with Gasteiger partial charge >= 0.3 is 5.97 Å². The molecule has 2 N–H and O–H groups in total. The van der Waals surface area contributed by atoms with Crippen molar-refractivity contribution in [2.24, 2.45) is 11.8 Å². The minimum absolute atomic E-state index is 0.210. The van der Waals surface area contributed by atoms with Gasteiger partial charge in [0.1, 0.15) is 5.82 Å². The maximum absolute atomic E-state index is 13.0. The lowest BCUT2D eigenvalue weighted by Crippen LogP contribution is -2.34. The summed E-state index contributed by atoms with van der Waals surface area (Å²) in [6.45, 7) is 3.27. The molecule has 0 bridgehead atoms. The Hall–Kier alpha value is -1.42. The molecule has 1 saturated carbocycles. The van der Waals surface area contributed by atoms with Crippen molar-refractivity contribution < 1.29 is 14.3 Å². The highest BCUT2D eigenvalue weighted by molar-refractivity contribution is 5.70. The molecule has 2 rings (SSSR count). The van der Waals surface area contributed by atoms with Gasteiger partial charge in [-0.05, 0) is 55.5 Å². The normalized spacial score (nSPS) is 22.7. The highest BCUT2D eigenvalue weighted by Crippen LogP contribution is 2.29. The first kappa shape index (κ1) is 15.0. The van der Waals surface area contributed by atoms with E-state index in [-0.39, 0.29) is 17.7 Å². The fourth-order valence-electron chi connectivity index (χ4n) is 3.03. The van der Waals surface area contributed by atoms with Gasteiger partial charge in [-0.3, -0.25) is 4.79 Å². The van der Waals surface area contributed by atoms with Crippen LogP contribution in [0.15, 0.2) is 18.2 Å². The fraction of sp³-hybridized carbons (Fsp3) is 0.562. The molecule has 0 heterocycles. The second-order valence-electron chi connectivity index (χ2n) is 5.69. The average molecular weight is 279 g/mol. The Labute approximate surface area is 119 Å². The van der Waals surface area contributed by atoms with Gasteiger partial charge in [-0.15, -0.1) is 0 Å². The van der Waals surface area contributed by atoms with Crippen molar-refractivity contribution in [1.29, 1.82) is 0 Å². The van der Waals surface area contributed by atoms with Crippen molar-refractivity contribution in [2.75, 3.05) is 6.54 Å². The van der Waals surface area contributed by atoms with E-state index in [0.717, 1.165) is 36.8 Å². The molecule has 1 aromatic carbocycles. The number of hydrogen-bond acceptors (Lipinski definition) is 2. The average Bonchev–Trinajstić information content (AvgIpc) is 2.41. The summed E-state index contributed by atoms with van der Waals surface area (Å²) in [5, 5.41) is 12.6. The first-order chi connectivity index (χ1) is 9.58. The Morgan fingerprint density at radius 1 is 1.40 bits per heavy atom. The number of hydrogen-bond donors (Lipinski definition) is 2. The van der Waals surface area contributed by atoms with E-state index in [2.05, 4.69) is 5.32 Å². The minimum Gasteiger partial charge on any atom is -0.481 e. The highest BCUT2D eigenvalue weighted by Gasteiger charge is 2.30. The number of carbonyl (C=O) groups is 1. The number of aliphatic carboxylic acids is 1. The molecule has 110 valence electrons. The topological polar surface area (TPSA) is 49.3 Å². The Balaban J connectivity index is 1.86. The monoisotopic (exact) mass is 279 g/mol. The number of carboxylic acids is 1. The summed E-state index contributed by atoms with van der Waals surface area (Å²) in [5.41, 5.74) is 1.99. The smallest absolute Gasteiger partial charge is 0.306 e. The van der Waals surface area contributed by atoms with Gasteiger partial charge in [-0.2, -0.15) is 0 Å². The van der Waals surface area contributed by atoms with Crippen LogP contribution in [0.1, 0.15) is 36.8 Å². The predicted octanol–water partition coefficient (Wildman–Crippen LogP) is 3.11. The third-order valence-corrected chi connectivity index (χ3v) is 4.25. The van der Waals surface area contributed by atoms with Crippen molar-refractivity contribution in [2.45, 2.75) is 39.2 Å². The second-order valence-corrected chi connectivity index (χ2v) is 5.69. The lowest BCUT2D eigenvalue weighted by atomic mass is 9.79. The SMILES string of the molecule is Cc1cc(F)ccc1CNCC1CCCCC1C(=O)O. The molecule has 0 aliphatic heterocycles. The van der Waals surface area contributed by atoms with Crippen LogP contribution in [-0.4, -0.2) is 17.6 Å². The summed E-state index contributed by atoms with van der Waals surface area (Å²) < 4.78 is 13.0. The lowest BCUT2D eigenvalue weighted by molar-refractivity contribution is -0.144. The largest absolute Gasteiger partial charge is 0.481 e. The van der Waals surface area contributed by atoms with Crippen molar-refractivity contribution in [3.63, 3.8) is 0 Å². The van der Waals surface area contributed by atoms with Crippen LogP contribution in [0.25, 0.3) is 0 Å². The lowest BCUT2D eigenvalue weighted by Gasteiger charge is -2.28. The zero-order valence-electron chi connectivity index (χ0n) is 11.9. The van der Waals surface area contributed by atoms with Gasteiger partial charge in [-0.1, -0.05) is 18.9 Å². The van der Waals surface area contributed by atoms with Crippen molar-refractivity contribution in [1.82, 2.24) is 5.32 Å². The van der Waals surface area contributed by atoms with E-state index in [9.17, 15) is 14.3 Å². The summed E-state index contributed by atoms with van der Waals surface area (Å²) in [6, 6.07) is 4.77. The molecule has 1 aliphatic carbocycles. The number of benzene rings is 1. The molecule has 1 aromatic rings. The quantitative estimate of drug-likeness (QED) is 0.870. The van der Waals surface area contributed by atoms with E-state index in [1.54, 1.807) is 6.07 Å².